The van der Waals surface area contributed by atoms with Gasteiger partial charge in [0.2, 0.25) is 0 Å². The van der Waals surface area contributed by atoms with Gasteiger partial charge in [-0.2, -0.15) is 0 Å². The molecule has 6 nitrogen and oxygen atoms in total. The Hall–Kier alpha value is -3.09. The van der Waals surface area contributed by atoms with Gasteiger partial charge in [0.25, 0.3) is 0 Å². The van der Waals surface area contributed by atoms with Crippen LogP contribution in [0.15, 0.2) is 48.5 Å². The number of rotatable bonds is 4. The number of halogens is 1. The van der Waals surface area contributed by atoms with Crippen LogP contribution in [-0.2, 0) is 4.74 Å². The van der Waals surface area contributed by atoms with Crippen molar-refractivity contribution in [3.8, 4) is 5.75 Å². The molecule has 25 heavy (non-hydrogen) atoms. The molecule has 0 radical (unpaired) electrons. The SMILES string of the molecule is CC(C)OC(=O)Nc1cccc(OC(=O)N(C)c2ccc(F)cc2)c1. The van der Waals surface area contributed by atoms with Crippen molar-refractivity contribution in [1.82, 2.24) is 0 Å². The van der Waals surface area contributed by atoms with Crippen molar-refractivity contribution in [2.75, 3.05) is 17.3 Å². The van der Waals surface area contributed by atoms with Crippen molar-refractivity contribution in [1.29, 1.82) is 0 Å². The van der Waals surface area contributed by atoms with Crippen LogP contribution in [0.2, 0.25) is 0 Å². The minimum atomic E-state index is -0.645. The average molecular weight is 346 g/mol. The third kappa shape index (κ3) is 5.49. The third-order valence-electron chi connectivity index (χ3n) is 3.12. The fraction of sp³-hybridized carbons (Fsp3) is 0.222. The maximum Gasteiger partial charge on any atom is 0.419 e. The Kier molecular flexibility index (Phi) is 5.94. The van der Waals surface area contributed by atoms with E-state index in [0.29, 0.717) is 11.4 Å². The molecular weight excluding hydrogens is 327 g/mol. The maximum atomic E-state index is 12.9. The van der Waals surface area contributed by atoms with Gasteiger partial charge in [-0.25, -0.2) is 14.0 Å². The zero-order chi connectivity index (χ0) is 18.4. The van der Waals surface area contributed by atoms with Crippen LogP contribution < -0.4 is 15.0 Å². The number of carbonyl (C=O) groups excluding carboxylic acids is 2. The predicted molar refractivity (Wildman–Crippen MR) is 92.5 cm³/mol. The molecule has 0 fully saturated rings. The molecule has 0 spiro atoms. The van der Waals surface area contributed by atoms with E-state index in [-0.39, 0.29) is 11.9 Å². The van der Waals surface area contributed by atoms with Crippen molar-refractivity contribution in [2.24, 2.45) is 0 Å². The van der Waals surface area contributed by atoms with Crippen molar-refractivity contribution < 1.29 is 23.5 Å². The predicted octanol–water partition coefficient (Wildman–Crippen LogP) is 4.42. The van der Waals surface area contributed by atoms with Crippen LogP contribution in [-0.4, -0.2) is 25.3 Å². The normalized spacial score (nSPS) is 10.3. The van der Waals surface area contributed by atoms with Crippen LogP contribution in [0.4, 0.5) is 25.4 Å². The quantitative estimate of drug-likeness (QED) is 0.890. The second-order valence-corrected chi connectivity index (χ2v) is 5.51. The van der Waals surface area contributed by atoms with E-state index in [2.05, 4.69) is 5.32 Å². The molecule has 2 amide bonds. The van der Waals surface area contributed by atoms with Gasteiger partial charge >= 0.3 is 12.2 Å². The number of nitrogens with one attached hydrogen (secondary N) is 1. The monoisotopic (exact) mass is 346 g/mol. The molecule has 2 aromatic rings. The summed E-state index contributed by atoms with van der Waals surface area (Å²) in [4.78, 5) is 25.0. The first-order valence-corrected chi connectivity index (χ1v) is 7.64. The average Bonchev–Trinajstić information content (AvgIpc) is 2.54. The van der Waals surface area contributed by atoms with E-state index in [1.54, 1.807) is 32.0 Å². The van der Waals surface area contributed by atoms with Crippen LogP contribution >= 0.6 is 0 Å². The number of amides is 2. The van der Waals surface area contributed by atoms with Gasteiger partial charge in [-0.3, -0.25) is 10.2 Å². The molecule has 0 aromatic heterocycles. The lowest BCUT2D eigenvalue weighted by molar-refractivity contribution is 0.130. The summed E-state index contributed by atoms with van der Waals surface area (Å²) in [5.41, 5.74) is 0.918. The number of ether oxygens (including phenoxy) is 2. The van der Waals surface area contributed by atoms with Crippen molar-refractivity contribution in [2.45, 2.75) is 20.0 Å². The first-order chi connectivity index (χ1) is 11.8. The minimum absolute atomic E-state index is 0.245. The minimum Gasteiger partial charge on any atom is -0.447 e. The fourth-order valence-electron chi connectivity index (χ4n) is 1.94. The molecule has 0 heterocycles. The summed E-state index contributed by atoms with van der Waals surface area (Å²) in [5.74, 6) is -0.140. The van der Waals surface area contributed by atoms with Crippen LogP contribution in [0.3, 0.4) is 0 Å². The van der Waals surface area contributed by atoms with Gasteiger partial charge in [0.15, 0.2) is 0 Å². The molecule has 0 saturated heterocycles. The highest BCUT2D eigenvalue weighted by Crippen LogP contribution is 2.20. The summed E-state index contributed by atoms with van der Waals surface area (Å²) in [6.45, 7) is 3.48. The summed E-state index contributed by atoms with van der Waals surface area (Å²) < 4.78 is 23.2. The first kappa shape index (κ1) is 18.3. The van der Waals surface area contributed by atoms with Crippen molar-refractivity contribution >= 4 is 23.6 Å². The van der Waals surface area contributed by atoms with E-state index in [4.69, 9.17) is 9.47 Å². The Morgan fingerprint density at radius 3 is 2.44 bits per heavy atom. The molecule has 132 valence electrons. The Morgan fingerprint density at radius 2 is 1.80 bits per heavy atom. The molecule has 0 aliphatic heterocycles. The van der Waals surface area contributed by atoms with Gasteiger partial charge < -0.3 is 9.47 Å². The molecule has 2 aromatic carbocycles. The zero-order valence-corrected chi connectivity index (χ0v) is 14.2. The molecule has 0 unspecified atom stereocenters. The summed E-state index contributed by atoms with van der Waals surface area (Å²) in [5, 5.41) is 2.55. The molecule has 7 heteroatoms. The van der Waals surface area contributed by atoms with Gasteiger partial charge in [-0.05, 0) is 50.2 Å². The number of nitrogens with zero attached hydrogens (tertiary/aromatic N) is 1. The standard InChI is InChI=1S/C18H19FN2O4/c1-12(2)24-17(22)20-14-5-4-6-16(11-14)25-18(23)21(3)15-9-7-13(19)8-10-15/h4-12H,1-3H3,(H,20,22). The lowest BCUT2D eigenvalue weighted by Gasteiger charge is -2.17. The molecule has 0 aliphatic carbocycles. The van der Waals surface area contributed by atoms with Crippen LogP contribution in [0.1, 0.15) is 13.8 Å². The Balaban J connectivity index is 2.02. The molecule has 0 atom stereocenters. The lowest BCUT2D eigenvalue weighted by Crippen LogP contribution is -2.29. The van der Waals surface area contributed by atoms with E-state index in [1.165, 1.54) is 42.3 Å². The topological polar surface area (TPSA) is 67.9 Å². The molecule has 0 saturated carbocycles. The van der Waals surface area contributed by atoms with Gasteiger partial charge in [0, 0.05) is 24.5 Å². The number of anilines is 2. The third-order valence-corrected chi connectivity index (χ3v) is 3.12. The summed E-state index contributed by atoms with van der Waals surface area (Å²) >= 11 is 0. The molecule has 1 N–H and O–H groups in total. The zero-order valence-electron chi connectivity index (χ0n) is 14.2. The van der Waals surface area contributed by atoms with Gasteiger partial charge in [0.05, 0.1) is 6.10 Å². The highest BCUT2D eigenvalue weighted by atomic mass is 19.1. The summed E-state index contributed by atoms with van der Waals surface area (Å²) in [6, 6.07) is 11.8. The van der Waals surface area contributed by atoms with Gasteiger partial charge in [-0.1, -0.05) is 6.07 Å². The molecule has 0 bridgehead atoms. The van der Waals surface area contributed by atoms with Crippen LogP contribution in [0, 0.1) is 5.82 Å². The number of carbonyl (C=O) groups is 2. The Bertz CT molecular complexity index is 747. The van der Waals surface area contributed by atoms with E-state index < -0.39 is 18.0 Å². The lowest BCUT2D eigenvalue weighted by atomic mass is 10.3. The summed E-state index contributed by atoms with van der Waals surface area (Å²) in [6.07, 6.45) is -1.49. The van der Waals surface area contributed by atoms with Crippen molar-refractivity contribution in [3.63, 3.8) is 0 Å². The van der Waals surface area contributed by atoms with Gasteiger partial charge in [0.1, 0.15) is 11.6 Å². The molecule has 0 aliphatic rings. The Morgan fingerprint density at radius 1 is 1.12 bits per heavy atom. The maximum absolute atomic E-state index is 12.9. The highest BCUT2D eigenvalue weighted by molar-refractivity contribution is 5.89. The second-order valence-electron chi connectivity index (χ2n) is 5.51. The van der Waals surface area contributed by atoms with Gasteiger partial charge in [-0.15, -0.1) is 0 Å². The highest BCUT2D eigenvalue weighted by Gasteiger charge is 2.14. The summed E-state index contributed by atoms with van der Waals surface area (Å²) in [7, 11) is 1.51. The van der Waals surface area contributed by atoms with Crippen molar-refractivity contribution in [3.05, 3.63) is 54.3 Å². The fourth-order valence-corrected chi connectivity index (χ4v) is 1.94. The van der Waals surface area contributed by atoms with Crippen LogP contribution in [0.5, 0.6) is 5.75 Å². The number of hydrogen-bond donors (Lipinski definition) is 1. The first-order valence-electron chi connectivity index (χ1n) is 7.64. The van der Waals surface area contributed by atoms with E-state index in [0.717, 1.165) is 0 Å². The largest absolute Gasteiger partial charge is 0.447 e. The number of hydrogen-bond acceptors (Lipinski definition) is 4. The molecular formula is C18H19FN2O4. The second kappa shape index (κ2) is 8.14. The van der Waals surface area contributed by atoms with E-state index >= 15 is 0 Å². The smallest absolute Gasteiger partial charge is 0.419 e. The number of benzene rings is 2. The Labute approximate surface area is 145 Å². The van der Waals surface area contributed by atoms with E-state index in [1.807, 2.05) is 0 Å². The molecule has 2 rings (SSSR count). The van der Waals surface area contributed by atoms with E-state index in [9.17, 15) is 14.0 Å². The van der Waals surface area contributed by atoms with Crippen LogP contribution in [0.25, 0.3) is 0 Å².